The van der Waals surface area contributed by atoms with E-state index in [9.17, 15) is 13.2 Å². The lowest BCUT2D eigenvalue weighted by Crippen LogP contribution is -2.32. The van der Waals surface area contributed by atoms with Crippen LogP contribution in [0, 0.1) is 13.8 Å². The maximum atomic E-state index is 12.5. The Hall–Kier alpha value is -2.38. The lowest BCUT2D eigenvalue weighted by molar-refractivity contribution is -0.123. The molecule has 2 aromatic carbocycles. The Morgan fingerprint density at radius 1 is 1.03 bits per heavy atom. The first-order chi connectivity index (χ1) is 14.3. The van der Waals surface area contributed by atoms with Crippen molar-refractivity contribution in [1.82, 2.24) is 10.0 Å². The molecule has 0 radical (unpaired) electrons. The number of sulfonamides is 1. The summed E-state index contributed by atoms with van der Waals surface area (Å²) in [5.41, 5.74) is 3.15. The zero-order chi connectivity index (χ0) is 21.6. The molecule has 2 aromatic rings. The molecule has 0 aliphatic heterocycles. The monoisotopic (exact) mass is 430 g/mol. The zero-order valence-electron chi connectivity index (χ0n) is 17.6. The van der Waals surface area contributed by atoms with Gasteiger partial charge in [0.15, 0.2) is 6.61 Å². The predicted molar refractivity (Wildman–Crippen MR) is 117 cm³/mol. The van der Waals surface area contributed by atoms with E-state index in [0.29, 0.717) is 18.7 Å². The van der Waals surface area contributed by atoms with E-state index in [2.05, 4.69) is 10.0 Å². The van der Waals surface area contributed by atoms with Crippen molar-refractivity contribution in [1.29, 1.82) is 0 Å². The van der Waals surface area contributed by atoms with Gasteiger partial charge in [0, 0.05) is 12.6 Å². The molecule has 0 spiro atoms. The first-order valence-electron chi connectivity index (χ1n) is 10.4. The number of ether oxygens (including phenoxy) is 1. The molecule has 1 aliphatic rings. The van der Waals surface area contributed by atoms with E-state index >= 15 is 0 Å². The lowest BCUT2D eigenvalue weighted by Gasteiger charge is -2.13. The molecule has 6 nitrogen and oxygen atoms in total. The van der Waals surface area contributed by atoms with Crippen molar-refractivity contribution in [3.63, 3.8) is 0 Å². The van der Waals surface area contributed by atoms with E-state index in [1.807, 2.05) is 32.0 Å². The minimum absolute atomic E-state index is 0.0348. The number of nitrogens with one attached hydrogen (secondary N) is 2. The van der Waals surface area contributed by atoms with Gasteiger partial charge in [-0.1, -0.05) is 31.0 Å². The van der Waals surface area contributed by atoms with Crippen LogP contribution >= 0.6 is 0 Å². The second-order valence-corrected chi connectivity index (χ2v) is 9.67. The van der Waals surface area contributed by atoms with Gasteiger partial charge in [-0.25, -0.2) is 13.1 Å². The van der Waals surface area contributed by atoms with Crippen LogP contribution in [-0.2, 0) is 21.2 Å². The predicted octanol–water partition coefficient (Wildman–Crippen LogP) is 3.26. The minimum Gasteiger partial charge on any atom is -0.484 e. The van der Waals surface area contributed by atoms with Gasteiger partial charge in [-0.15, -0.1) is 0 Å². The summed E-state index contributed by atoms with van der Waals surface area (Å²) in [5.74, 6) is 0.500. The van der Waals surface area contributed by atoms with Crippen LogP contribution in [0.15, 0.2) is 47.4 Å². The number of amides is 1. The Labute approximate surface area is 179 Å². The molecule has 1 saturated carbocycles. The summed E-state index contributed by atoms with van der Waals surface area (Å²) >= 11 is 0. The smallest absolute Gasteiger partial charge is 0.257 e. The van der Waals surface area contributed by atoms with Crippen LogP contribution < -0.4 is 14.8 Å². The molecule has 1 fully saturated rings. The molecule has 0 heterocycles. The van der Waals surface area contributed by atoms with Gasteiger partial charge in [0.05, 0.1) is 4.90 Å². The molecule has 2 N–H and O–H groups in total. The number of aryl methyl sites for hydroxylation is 2. The summed E-state index contributed by atoms with van der Waals surface area (Å²) in [7, 11) is -3.47. The summed E-state index contributed by atoms with van der Waals surface area (Å²) in [4.78, 5) is 12.3. The van der Waals surface area contributed by atoms with Crippen molar-refractivity contribution >= 4 is 15.9 Å². The van der Waals surface area contributed by atoms with Gasteiger partial charge in [-0.2, -0.15) is 0 Å². The Morgan fingerprint density at radius 3 is 2.30 bits per heavy atom. The average Bonchev–Trinajstić information content (AvgIpc) is 3.18. The van der Waals surface area contributed by atoms with Crippen LogP contribution in [0.25, 0.3) is 0 Å². The van der Waals surface area contributed by atoms with Gasteiger partial charge in [-0.3, -0.25) is 4.79 Å². The molecule has 0 atom stereocenters. The fraction of sp³-hybridized carbons (Fsp3) is 0.435. The molecule has 0 unspecified atom stereocenters. The van der Waals surface area contributed by atoms with Crippen molar-refractivity contribution in [2.24, 2.45) is 0 Å². The second kappa shape index (κ2) is 10.1. The molecule has 3 rings (SSSR count). The highest BCUT2D eigenvalue weighted by molar-refractivity contribution is 7.89. The summed E-state index contributed by atoms with van der Waals surface area (Å²) in [6, 6.07) is 12.7. The standard InChI is InChI=1S/C23H30N2O4S/c1-17-13-18(2)15-21(14-17)29-16-23(26)24-12-11-19-7-9-22(10-8-19)30(27,28)25-20-5-3-4-6-20/h7-10,13-15,20,25H,3-6,11-12,16H2,1-2H3,(H,24,26). The number of rotatable bonds is 9. The number of benzene rings is 2. The molecule has 1 amide bonds. The lowest BCUT2D eigenvalue weighted by atomic mass is 10.1. The Kier molecular flexibility index (Phi) is 7.50. The zero-order valence-corrected chi connectivity index (χ0v) is 18.4. The topological polar surface area (TPSA) is 84.5 Å². The number of hydrogen-bond acceptors (Lipinski definition) is 4. The van der Waals surface area contributed by atoms with Crippen molar-refractivity contribution in [2.75, 3.05) is 13.2 Å². The van der Waals surface area contributed by atoms with Crippen molar-refractivity contribution < 1.29 is 17.9 Å². The summed E-state index contributed by atoms with van der Waals surface area (Å²) in [6.45, 7) is 4.40. The molecule has 7 heteroatoms. The second-order valence-electron chi connectivity index (χ2n) is 7.96. The third kappa shape index (κ3) is 6.57. The fourth-order valence-corrected chi connectivity index (χ4v) is 5.03. The molecular formula is C23H30N2O4S. The van der Waals surface area contributed by atoms with Gasteiger partial charge in [-0.05, 0) is 74.1 Å². The largest absolute Gasteiger partial charge is 0.484 e. The van der Waals surface area contributed by atoms with Gasteiger partial charge in [0.1, 0.15) is 5.75 Å². The SMILES string of the molecule is Cc1cc(C)cc(OCC(=O)NCCc2ccc(S(=O)(=O)NC3CCCC3)cc2)c1. The van der Waals surface area contributed by atoms with Gasteiger partial charge >= 0.3 is 0 Å². The van der Waals surface area contributed by atoms with Crippen LogP contribution in [0.5, 0.6) is 5.75 Å². The van der Waals surface area contributed by atoms with E-state index < -0.39 is 10.0 Å². The Bertz CT molecular complexity index is 945. The minimum atomic E-state index is -3.47. The number of hydrogen-bond donors (Lipinski definition) is 2. The van der Waals surface area contributed by atoms with Crippen molar-refractivity contribution in [3.05, 3.63) is 59.2 Å². The summed E-state index contributed by atoms with van der Waals surface area (Å²) in [6.07, 6.45) is 4.58. The summed E-state index contributed by atoms with van der Waals surface area (Å²) < 4.78 is 33.2. The highest BCUT2D eigenvalue weighted by atomic mass is 32.2. The molecule has 0 saturated heterocycles. The van der Waals surface area contributed by atoms with Gasteiger partial charge < -0.3 is 10.1 Å². The van der Waals surface area contributed by atoms with E-state index in [-0.39, 0.29) is 23.5 Å². The highest BCUT2D eigenvalue weighted by Gasteiger charge is 2.22. The first-order valence-corrected chi connectivity index (χ1v) is 11.9. The number of carbonyl (C=O) groups excluding carboxylic acids is 1. The van der Waals surface area contributed by atoms with E-state index in [4.69, 9.17) is 4.74 Å². The molecule has 0 bridgehead atoms. The van der Waals surface area contributed by atoms with Crippen LogP contribution in [0.2, 0.25) is 0 Å². The van der Waals surface area contributed by atoms with Gasteiger partial charge in [0.25, 0.3) is 5.91 Å². The third-order valence-electron chi connectivity index (χ3n) is 5.21. The van der Waals surface area contributed by atoms with E-state index in [1.165, 1.54) is 0 Å². The Balaban J connectivity index is 1.42. The number of carbonyl (C=O) groups is 1. The fourth-order valence-electron chi connectivity index (χ4n) is 3.73. The van der Waals surface area contributed by atoms with Crippen LogP contribution in [0.3, 0.4) is 0 Å². The van der Waals surface area contributed by atoms with Crippen LogP contribution in [0.4, 0.5) is 0 Å². The highest BCUT2D eigenvalue weighted by Crippen LogP contribution is 2.20. The van der Waals surface area contributed by atoms with E-state index in [0.717, 1.165) is 42.4 Å². The molecular weight excluding hydrogens is 400 g/mol. The van der Waals surface area contributed by atoms with E-state index in [1.54, 1.807) is 24.3 Å². The van der Waals surface area contributed by atoms with Crippen molar-refractivity contribution in [3.8, 4) is 5.75 Å². The third-order valence-corrected chi connectivity index (χ3v) is 6.75. The van der Waals surface area contributed by atoms with Crippen LogP contribution in [0.1, 0.15) is 42.4 Å². The molecule has 162 valence electrons. The summed E-state index contributed by atoms with van der Waals surface area (Å²) in [5, 5.41) is 2.83. The molecule has 0 aromatic heterocycles. The molecule has 30 heavy (non-hydrogen) atoms. The average molecular weight is 431 g/mol. The van der Waals surface area contributed by atoms with Gasteiger partial charge in [0.2, 0.25) is 10.0 Å². The quantitative estimate of drug-likeness (QED) is 0.640. The van der Waals surface area contributed by atoms with Crippen molar-refractivity contribution in [2.45, 2.75) is 56.9 Å². The first kappa shape index (κ1) is 22.3. The normalized spacial score (nSPS) is 14.6. The van der Waals surface area contributed by atoms with Crippen LogP contribution in [-0.4, -0.2) is 33.5 Å². The maximum Gasteiger partial charge on any atom is 0.257 e. The maximum absolute atomic E-state index is 12.5. The Morgan fingerprint density at radius 2 is 1.67 bits per heavy atom. The molecule has 1 aliphatic carbocycles.